The minimum absolute atomic E-state index is 0.0566. The number of hydrogen-bond acceptors (Lipinski definition) is 2. The molecule has 0 aliphatic heterocycles. The fourth-order valence-corrected chi connectivity index (χ4v) is 1.99. The molecule has 0 saturated carbocycles. The number of carbonyl (C=O) groups excluding carboxylic acids is 1. The molecular formula is C13H11ClF3NO2. The summed E-state index contributed by atoms with van der Waals surface area (Å²) in [5.74, 6) is -1.03. The molecule has 1 aromatic carbocycles. The molecule has 0 fully saturated rings. The van der Waals surface area contributed by atoms with Crippen LogP contribution in [0.2, 0.25) is 5.02 Å². The summed E-state index contributed by atoms with van der Waals surface area (Å²) in [6.45, 7) is 0.788. The number of alkyl halides is 3. The van der Waals surface area contributed by atoms with E-state index in [4.69, 9.17) is 11.6 Å². The Kier molecular flexibility index (Phi) is 3.69. The van der Waals surface area contributed by atoms with Crippen LogP contribution in [0.4, 0.5) is 13.2 Å². The van der Waals surface area contributed by atoms with Crippen LogP contribution in [0.1, 0.15) is 17.3 Å². The van der Waals surface area contributed by atoms with Crippen molar-refractivity contribution in [3.05, 3.63) is 35.0 Å². The molecule has 0 N–H and O–H groups in total. The van der Waals surface area contributed by atoms with Crippen molar-refractivity contribution in [1.82, 2.24) is 4.57 Å². The molecule has 0 radical (unpaired) electrons. The van der Waals surface area contributed by atoms with E-state index in [1.54, 1.807) is 23.7 Å². The molecule has 0 aliphatic rings. The van der Waals surface area contributed by atoms with Crippen molar-refractivity contribution in [1.29, 1.82) is 0 Å². The first-order chi connectivity index (χ1) is 9.20. The van der Waals surface area contributed by atoms with Crippen LogP contribution in [0.5, 0.6) is 0 Å². The molecule has 2 rings (SSSR count). The van der Waals surface area contributed by atoms with Gasteiger partial charge in [-0.2, -0.15) is 13.2 Å². The molecule has 0 unspecified atom stereocenters. The van der Waals surface area contributed by atoms with Gasteiger partial charge in [0.05, 0.1) is 5.56 Å². The zero-order valence-electron chi connectivity index (χ0n) is 10.7. The van der Waals surface area contributed by atoms with Crippen molar-refractivity contribution < 1.29 is 22.7 Å². The van der Waals surface area contributed by atoms with Gasteiger partial charge in [-0.3, -0.25) is 0 Å². The maximum absolute atomic E-state index is 12.4. The Morgan fingerprint density at radius 2 is 2.05 bits per heavy atom. The molecule has 3 nitrogen and oxygen atoms in total. The number of hydrogen-bond donors (Lipinski definition) is 0. The van der Waals surface area contributed by atoms with Gasteiger partial charge in [-0.1, -0.05) is 11.6 Å². The number of fused-ring (bicyclic) bond motifs is 1. The van der Waals surface area contributed by atoms with E-state index in [-0.39, 0.29) is 5.56 Å². The van der Waals surface area contributed by atoms with Crippen LogP contribution in [-0.4, -0.2) is 22.8 Å². The molecule has 0 spiro atoms. The number of aromatic nitrogens is 1. The Labute approximate surface area is 117 Å². The third-order valence-corrected chi connectivity index (χ3v) is 3.15. The van der Waals surface area contributed by atoms with Gasteiger partial charge >= 0.3 is 12.1 Å². The van der Waals surface area contributed by atoms with Gasteiger partial charge in [-0.25, -0.2) is 4.79 Å². The quantitative estimate of drug-likeness (QED) is 0.787. The van der Waals surface area contributed by atoms with Gasteiger partial charge in [0.1, 0.15) is 0 Å². The highest BCUT2D eigenvalue weighted by atomic mass is 35.5. The van der Waals surface area contributed by atoms with Crippen molar-refractivity contribution in [3.8, 4) is 0 Å². The summed E-state index contributed by atoms with van der Waals surface area (Å²) < 4.78 is 43.3. The fraction of sp³-hybridized carbons (Fsp3) is 0.308. The number of aryl methyl sites for hydroxylation is 1. The summed E-state index contributed by atoms with van der Waals surface area (Å²) in [7, 11) is 1.68. The Hall–Kier alpha value is -1.69. The minimum atomic E-state index is -4.59. The smallest absolute Gasteiger partial charge is 0.425 e. The lowest BCUT2D eigenvalue weighted by molar-refractivity contribution is -0.198. The topological polar surface area (TPSA) is 31.2 Å². The molecule has 1 heterocycles. The van der Waals surface area contributed by atoms with E-state index in [9.17, 15) is 18.0 Å². The lowest BCUT2D eigenvalue weighted by atomic mass is 10.2. The second-order valence-electron chi connectivity index (χ2n) is 4.40. The number of esters is 1. The summed E-state index contributed by atoms with van der Waals surface area (Å²) in [5.41, 5.74) is 0.738. The summed E-state index contributed by atoms with van der Waals surface area (Å²) >= 11 is 5.84. The van der Waals surface area contributed by atoms with E-state index in [2.05, 4.69) is 4.74 Å². The molecule has 0 saturated heterocycles. The zero-order chi connectivity index (χ0) is 15.1. The van der Waals surface area contributed by atoms with Gasteiger partial charge < -0.3 is 9.30 Å². The van der Waals surface area contributed by atoms with E-state index in [0.717, 1.165) is 6.92 Å². The Morgan fingerprint density at radius 1 is 1.40 bits per heavy atom. The van der Waals surface area contributed by atoms with Gasteiger partial charge in [-0.15, -0.1) is 0 Å². The van der Waals surface area contributed by atoms with Crippen LogP contribution in [0, 0.1) is 0 Å². The summed E-state index contributed by atoms with van der Waals surface area (Å²) in [5, 5.41) is 0.848. The second kappa shape index (κ2) is 5.01. The maximum atomic E-state index is 12.4. The van der Waals surface area contributed by atoms with Gasteiger partial charge in [-0.05, 0) is 25.1 Å². The van der Waals surface area contributed by atoms with Crippen LogP contribution in [-0.2, 0) is 11.8 Å². The Balaban J connectivity index is 2.38. The number of rotatable bonds is 2. The van der Waals surface area contributed by atoms with Crippen molar-refractivity contribution in [2.24, 2.45) is 7.05 Å². The van der Waals surface area contributed by atoms with E-state index >= 15 is 0 Å². The number of nitrogens with zero attached hydrogens (tertiary/aromatic N) is 1. The molecular weight excluding hydrogens is 295 g/mol. The standard InChI is InChI=1S/C13H11ClF3NO2/c1-7(13(15,16)17)20-12(19)10-6-18(2)11-4-3-8(14)5-9(10)11/h3-7H,1-2H3/t7-/m1/s1. The summed E-state index contributed by atoms with van der Waals surface area (Å²) in [6.07, 6.45) is -5.32. The Morgan fingerprint density at radius 3 is 2.65 bits per heavy atom. The number of ether oxygens (including phenoxy) is 1. The summed E-state index contributed by atoms with van der Waals surface area (Å²) in [4.78, 5) is 11.9. The maximum Gasteiger partial charge on any atom is 0.425 e. The highest BCUT2D eigenvalue weighted by Crippen LogP contribution is 2.27. The predicted octanol–water partition coefficient (Wildman–Crippen LogP) is 3.94. The normalized spacial score (nSPS) is 13.5. The van der Waals surface area contributed by atoms with E-state index in [1.807, 2.05) is 0 Å². The van der Waals surface area contributed by atoms with E-state index in [0.29, 0.717) is 15.9 Å². The van der Waals surface area contributed by atoms with Crippen molar-refractivity contribution in [2.45, 2.75) is 19.2 Å². The third-order valence-electron chi connectivity index (χ3n) is 2.92. The SMILES string of the molecule is C[C@@H](OC(=O)c1cn(C)c2ccc(Cl)cc12)C(F)(F)F. The molecule has 108 valence electrons. The van der Waals surface area contributed by atoms with Crippen molar-refractivity contribution >= 4 is 28.5 Å². The molecule has 0 bridgehead atoms. The number of halogens is 4. The second-order valence-corrected chi connectivity index (χ2v) is 4.84. The molecule has 0 amide bonds. The third kappa shape index (κ3) is 2.75. The first-order valence-corrected chi connectivity index (χ1v) is 6.10. The number of carbonyl (C=O) groups is 1. The predicted molar refractivity (Wildman–Crippen MR) is 68.9 cm³/mol. The van der Waals surface area contributed by atoms with E-state index < -0.39 is 18.2 Å². The minimum Gasteiger partial charge on any atom is -0.449 e. The fourth-order valence-electron chi connectivity index (χ4n) is 1.82. The average molecular weight is 306 g/mol. The zero-order valence-corrected chi connectivity index (χ0v) is 11.4. The molecule has 1 atom stereocenters. The monoisotopic (exact) mass is 305 g/mol. The van der Waals surface area contributed by atoms with Gasteiger partial charge in [0.15, 0.2) is 6.10 Å². The number of benzene rings is 1. The van der Waals surface area contributed by atoms with Gasteiger partial charge in [0.2, 0.25) is 0 Å². The van der Waals surface area contributed by atoms with Crippen molar-refractivity contribution in [2.75, 3.05) is 0 Å². The molecule has 2 aromatic rings. The Bertz CT molecular complexity index is 663. The highest BCUT2D eigenvalue weighted by molar-refractivity contribution is 6.31. The van der Waals surface area contributed by atoms with Crippen molar-refractivity contribution in [3.63, 3.8) is 0 Å². The molecule has 0 aliphatic carbocycles. The highest BCUT2D eigenvalue weighted by Gasteiger charge is 2.39. The molecule has 1 aromatic heterocycles. The summed E-state index contributed by atoms with van der Waals surface area (Å²) in [6, 6.07) is 4.84. The average Bonchev–Trinajstić information content (AvgIpc) is 2.65. The van der Waals surface area contributed by atoms with Gasteiger partial charge in [0, 0.05) is 29.2 Å². The first kappa shape index (κ1) is 14.7. The van der Waals surface area contributed by atoms with Crippen LogP contribution in [0.15, 0.2) is 24.4 Å². The lowest BCUT2D eigenvalue weighted by Crippen LogP contribution is -2.30. The first-order valence-electron chi connectivity index (χ1n) is 5.72. The lowest BCUT2D eigenvalue weighted by Gasteiger charge is -2.15. The van der Waals surface area contributed by atoms with Crippen LogP contribution in [0.25, 0.3) is 10.9 Å². The molecule has 20 heavy (non-hydrogen) atoms. The van der Waals surface area contributed by atoms with Crippen LogP contribution < -0.4 is 0 Å². The van der Waals surface area contributed by atoms with Crippen LogP contribution in [0.3, 0.4) is 0 Å². The van der Waals surface area contributed by atoms with Crippen LogP contribution >= 0.6 is 11.6 Å². The van der Waals surface area contributed by atoms with Gasteiger partial charge in [0.25, 0.3) is 0 Å². The largest absolute Gasteiger partial charge is 0.449 e. The van der Waals surface area contributed by atoms with E-state index in [1.165, 1.54) is 12.3 Å². The molecule has 7 heteroatoms.